The molecule has 1 N–H and O–H groups in total. The van der Waals surface area contributed by atoms with Crippen molar-refractivity contribution in [2.45, 2.75) is 30.2 Å². The predicted molar refractivity (Wildman–Crippen MR) is 112 cm³/mol. The molecule has 0 radical (unpaired) electrons. The van der Waals surface area contributed by atoms with Crippen LogP contribution in [0.4, 0.5) is 0 Å². The van der Waals surface area contributed by atoms with Crippen LogP contribution in [-0.2, 0) is 26.0 Å². The molecule has 8 heteroatoms. The highest BCUT2D eigenvalue weighted by Gasteiger charge is 2.26. The number of hydrogen-bond donors (Lipinski definition) is 1. The average molecular weight is 431 g/mol. The minimum absolute atomic E-state index is 0.0262. The van der Waals surface area contributed by atoms with Gasteiger partial charge in [0.2, 0.25) is 15.9 Å². The molecule has 30 heavy (non-hydrogen) atoms. The van der Waals surface area contributed by atoms with Gasteiger partial charge in [0.05, 0.1) is 30.8 Å². The van der Waals surface area contributed by atoms with Gasteiger partial charge in [0.25, 0.3) is 0 Å². The van der Waals surface area contributed by atoms with Crippen molar-refractivity contribution in [3.05, 3.63) is 59.7 Å². The average Bonchev–Trinajstić information content (AvgIpc) is 2.79. The number of nitrogens with one attached hydrogen (secondary N) is 1. The Kier molecular flexibility index (Phi) is 6.36. The van der Waals surface area contributed by atoms with Crippen LogP contribution >= 0.6 is 0 Å². The number of fused-ring (bicyclic) bond motifs is 1. The topological polar surface area (TPSA) is 84.9 Å². The standard InChI is InChI=1S/C22H26N2O5S/c25-22(23-20-11-14-29-21-4-2-1-3-19(20)21)10-7-17-5-8-18(9-6-17)30(26,27)24-12-15-28-16-13-24/h1-6,8-9,20H,7,10-16H2,(H,23,25). The molecule has 2 aliphatic heterocycles. The third-order valence-corrected chi connectivity index (χ3v) is 7.38. The SMILES string of the molecule is O=C(CCc1ccc(S(=O)(=O)N2CCOCC2)cc1)NC1CCOc2ccccc21. The van der Waals surface area contributed by atoms with Crippen LogP contribution in [0.25, 0.3) is 0 Å². The van der Waals surface area contributed by atoms with Crippen molar-refractivity contribution in [2.24, 2.45) is 0 Å². The minimum Gasteiger partial charge on any atom is -0.493 e. The lowest BCUT2D eigenvalue weighted by atomic mass is 10.00. The third kappa shape index (κ3) is 4.66. The van der Waals surface area contributed by atoms with E-state index in [1.807, 2.05) is 24.3 Å². The molecule has 1 amide bonds. The van der Waals surface area contributed by atoms with E-state index in [0.717, 1.165) is 23.3 Å². The van der Waals surface area contributed by atoms with Crippen molar-refractivity contribution in [1.82, 2.24) is 9.62 Å². The highest BCUT2D eigenvalue weighted by atomic mass is 32.2. The maximum atomic E-state index is 12.7. The van der Waals surface area contributed by atoms with Gasteiger partial charge in [-0.15, -0.1) is 0 Å². The number of benzene rings is 2. The number of aryl methyl sites for hydroxylation is 1. The Labute approximate surface area is 177 Å². The Bertz CT molecular complexity index is 985. The molecule has 1 saturated heterocycles. The summed E-state index contributed by atoms with van der Waals surface area (Å²) in [4.78, 5) is 12.7. The van der Waals surface area contributed by atoms with Crippen molar-refractivity contribution in [3.63, 3.8) is 0 Å². The molecule has 4 rings (SSSR count). The highest BCUT2D eigenvalue weighted by Crippen LogP contribution is 2.31. The fourth-order valence-corrected chi connectivity index (χ4v) is 5.19. The number of hydrogen-bond acceptors (Lipinski definition) is 5. The molecule has 2 aromatic rings. The molecule has 7 nitrogen and oxygen atoms in total. The first-order valence-corrected chi connectivity index (χ1v) is 11.7. The van der Waals surface area contributed by atoms with Gasteiger partial charge in [-0.2, -0.15) is 4.31 Å². The highest BCUT2D eigenvalue weighted by molar-refractivity contribution is 7.89. The molecule has 0 saturated carbocycles. The van der Waals surface area contributed by atoms with Crippen molar-refractivity contribution in [2.75, 3.05) is 32.9 Å². The summed E-state index contributed by atoms with van der Waals surface area (Å²) in [6.07, 6.45) is 1.64. The first-order chi connectivity index (χ1) is 14.5. The van der Waals surface area contributed by atoms with Crippen molar-refractivity contribution < 1.29 is 22.7 Å². The predicted octanol–water partition coefficient (Wildman–Crippen LogP) is 2.28. The van der Waals surface area contributed by atoms with E-state index in [9.17, 15) is 13.2 Å². The fourth-order valence-electron chi connectivity index (χ4n) is 3.78. The molecule has 1 atom stereocenters. The summed E-state index contributed by atoms with van der Waals surface area (Å²) in [5, 5.41) is 3.09. The summed E-state index contributed by atoms with van der Waals surface area (Å²) in [6.45, 7) is 2.17. The van der Waals surface area contributed by atoms with Crippen LogP contribution in [0, 0.1) is 0 Å². The summed E-state index contributed by atoms with van der Waals surface area (Å²) in [7, 11) is -3.50. The Morgan fingerprint density at radius 2 is 1.77 bits per heavy atom. The van der Waals surface area contributed by atoms with Crippen LogP contribution in [0.5, 0.6) is 5.75 Å². The lowest BCUT2D eigenvalue weighted by Gasteiger charge is -2.26. The number of carbonyl (C=O) groups is 1. The first kappa shape index (κ1) is 20.8. The third-order valence-electron chi connectivity index (χ3n) is 5.47. The molecule has 160 valence electrons. The largest absolute Gasteiger partial charge is 0.493 e. The molecule has 2 heterocycles. The maximum absolute atomic E-state index is 12.7. The second-order valence-corrected chi connectivity index (χ2v) is 9.39. The molecule has 0 aliphatic carbocycles. The van der Waals surface area contributed by atoms with Gasteiger partial charge in [-0.25, -0.2) is 8.42 Å². The Morgan fingerprint density at radius 3 is 2.53 bits per heavy atom. The Morgan fingerprint density at radius 1 is 1.03 bits per heavy atom. The van der Waals surface area contributed by atoms with E-state index < -0.39 is 10.0 Å². The zero-order valence-corrected chi connectivity index (χ0v) is 17.6. The fraction of sp³-hybridized carbons (Fsp3) is 0.409. The summed E-state index contributed by atoms with van der Waals surface area (Å²) in [6, 6.07) is 14.5. The number of nitrogens with zero attached hydrogens (tertiary/aromatic N) is 1. The Balaban J connectivity index is 1.33. The van der Waals surface area contributed by atoms with Gasteiger partial charge in [-0.3, -0.25) is 4.79 Å². The summed E-state index contributed by atoms with van der Waals surface area (Å²) in [5.41, 5.74) is 1.94. The van der Waals surface area contributed by atoms with Gasteiger partial charge in [-0.1, -0.05) is 30.3 Å². The number of ether oxygens (including phenoxy) is 2. The lowest BCUT2D eigenvalue weighted by Crippen LogP contribution is -2.40. The van der Waals surface area contributed by atoms with E-state index in [-0.39, 0.29) is 16.8 Å². The van der Waals surface area contributed by atoms with E-state index in [0.29, 0.717) is 45.8 Å². The monoisotopic (exact) mass is 430 g/mol. The number of amides is 1. The van der Waals surface area contributed by atoms with E-state index >= 15 is 0 Å². The van der Waals surface area contributed by atoms with Crippen LogP contribution in [0.2, 0.25) is 0 Å². The maximum Gasteiger partial charge on any atom is 0.243 e. The van der Waals surface area contributed by atoms with Crippen LogP contribution in [-0.4, -0.2) is 51.5 Å². The lowest BCUT2D eigenvalue weighted by molar-refractivity contribution is -0.122. The summed E-state index contributed by atoms with van der Waals surface area (Å²) >= 11 is 0. The zero-order valence-electron chi connectivity index (χ0n) is 16.7. The van der Waals surface area contributed by atoms with E-state index in [1.165, 1.54) is 4.31 Å². The molecule has 2 aromatic carbocycles. The second-order valence-electron chi connectivity index (χ2n) is 7.46. The normalized spacial score (nSPS) is 19.5. The number of carbonyl (C=O) groups excluding carboxylic acids is 1. The second kappa shape index (κ2) is 9.16. The zero-order chi connectivity index (χ0) is 21.0. The van der Waals surface area contributed by atoms with Gasteiger partial charge in [0.15, 0.2) is 0 Å². The van der Waals surface area contributed by atoms with Crippen LogP contribution < -0.4 is 10.1 Å². The van der Waals surface area contributed by atoms with Gasteiger partial charge in [0, 0.05) is 31.5 Å². The van der Waals surface area contributed by atoms with Crippen LogP contribution in [0.1, 0.15) is 30.0 Å². The quantitative estimate of drug-likeness (QED) is 0.760. The summed E-state index contributed by atoms with van der Waals surface area (Å²) in [5.74, 6) is 0.799. The summed E-state index contributed by atoms with van der Waals surface area (Å²) < 4.78 is 37.7. The van der Waals surface area contributed by atoms with Crippen molar-refractivity contribution >= 4 is 15.9 Å². The number of rotatable bonds is 6. The van der Waals surface area contributed by atoms with Crippen LogP contribution in [0.15, 0.2) is 53.4 Å². The molecule has 1 fully saturated rings. The minimum atomic E-state index is -3.50. The van der Waals surface area contributed by atoms with Gasteiger partial charge < -0.3 is 14.8 Å². The van der Waals surface area contributed by atoms with Crippen molar-refractivity contribution in [3.8, 4) is 5.75 Å². The number of sulfonamides is 1. The molecular formula is C22H26N2O5S. The number of morpholine rings is 1. The molecule has 1 unspecified atom stereocenters. The van der Waals surface area contributed by atoms with Gasteiger partial charge >= 0.3 is 0 Å². The molecule has 2 aliphatic rings. The first-order valence-electron chi connectivity index (χ1n) is 10.2. The molecule has 0 aromatic heterocycles. The van der Waals surface area contributed by atoms with E-state index in [1.54, 1.807) is 24.3 Å². The van der Waals surface area contributed by atoms with Gasteiger partial charge in [-0.05, 0) is 30.2 Å². The Hall–Kier alpha value is -2.42. The van der Waals surface area contributed by atoms with Crippen LogP contribution in [0.3, 0.4) is 0 Å². The van der Waals surface area contributed by atoms with Gasteiger partial charge in [0.1, 0.15) is 5.75 Å². The van der Waals surface area contributed by atoms with E-state index in [4.69, 9.17) is 9.47 Å². The molecule has 0 bridgehead atoms. The van der Waals surface area contributed by atoms with E-state index in [2.05, 4.69) is 5.32 Å². The van der Waals surface area contributed by atoms with Crippen molar-refractivity contribution in [1.29, 1.82) is 0 Å². The smallest absolute Gasteiger partial charge is 0.243 e. The molecular weight excluding hydrogens is 404 g/mol. The molecule has 0 spiro atoms. The number of para-hydroxylation sites is 1.